The van der Waals surface area contributed by atoms with Crippen molar-refractivity contribution in [1.82, 2.24) is 9.97 Å². The summed E-state index contributed by atoms with van der Waals surface area (Å²) in [6.07, 6.45) is 3.25. The molecule has 1 aromatic rings. The van der Waals surface area contributed by atoms with Crippen molar-refractivity contribution in [2.45, 2.75) is 12.8 Å². The van der Waals surface area contributed by atoms with Gasteiger partial charge in [-0.25, -0.2) is 9.97 Å². The fourth-order valence-corrected chi connectivity index (χ4v) is 2.50. The monoisotopic (exact) mass is 281 g/mol. The molecule has 0 unspecified atom stereocenters. The van der Waals surface area contributed by atoms with Gasteiger partial charge in [-0.3, -0.25) is 10.1 Å². The van der Waals surface area contributed by atoms with Crippen molar-refractivity contribution in [1.29, 1.82) is 0 Å². The lowest BCUT2D eigenvalue weighted by Crippen LogP contribution is -2.36. The van der Waals surface area contributed by atoms with Crippen LogP contribution in [0.15, 0.2) is 6.33 Å². The number of ether oxygens (including phenoxy) is 1. The first-order chi connectivity index (χ1) is 9.67. The fourth-order valence-electron chi connectivity index (χ4n) is 2.50. The van der Waals surface area contributed by atoms with Gasteiger partial charge in [0.1, 0.15) is 6.33 Å². The summed E-state index contributed by atoms with van der Waals surface area (Å²) < 4.78 is 5.16. The summed E-state index contributed by atoms with van der Waals surface area (Å²) in [6, 6.07) is 0. The van der Waals surface area contributed by atoms with Gasteiger partial charge in [0.15, 0.2) is 0 Å². The van der Waals surface area contributed by atoms with Gasteiger partial charge >= 0.3 is 5.69 Å². The number of aromatic nitrogens is 2. The zero-order chi connectivity index (χ0) is 14.5. The molecule has 20 heavy (non-hydrogen) atoms. The van der Waals surface area contributed by atoms with E-state index in [0.717, 1.165) is 32.5 Å². The number of nitro groups is 1. The minimum Gasteiger partial charge on any atom is -0.384 e. The van der Waals surface area contributed by atoms with Gasteiger partial charge in [0, 0.05) is 33.9 Å². The van der Waals surface area contributed by atoms with Crippen LogP contribution in [0.25, 0.3) is 0 Å². The van der Waals surface area contributed by atoms with Gasteiger partial charge in [0.2, 0.25) is 11.6 Å². The SMILES string of the molecule is CNc1ncnc(N2CCC(COC)CC2)c1[N+](=O)[O-]. The lowest BCUT2D eigenvalue weighted by atomic mass is 9.98. The molecule has 1 aliphatic heterocycles. The van der Waals surface area contributed by atoms with Crippen LogP contribution in [0.5, 0.6) is 0 Å². The Morgan fingerprint density at radius 1 is 1.50 bits per heavy atom. The zero-order valence-corrected chi connectivity index (χ0v) is 11.7. The molecular formula is C12H19N5O3. The Hall–Kier alpha value is -1.96. The second kappa shape index (κ2) is 6.47. The molecule has 0 spiro atoms. The van der Waals surface area contributed by atoms with E-state index in [0.29, 0.717) is 11.7 Å². The predicted molar refractivity (Wildman–Crippen MR) is 75.0 cm³/mol. The van der Waals surface area contributed by atoms with Crippen molar-refractivity contribution < 1.29 is 9.66 Å². The molecule has 0 bridgehead atoms. The Morgan fingerprint density at radius 3 is 2.75 bits per heavy atom. The molecule has 1 saturated heterocycles. The molecule has 1 N–H and O–H groups in total. The van der Waals surface area contributed by atoms with Crippen LogP contribution in [0, 0.1) is 16.0 Å². The third kappa shape index (κ3) is 2.96. The Kier molecular flexibility index (Phi) is 4.67. The van der Waals surface area contributed by atoms with Crippen molar-refractivity contribution in [2.75, 3.05) is 44.1 Å². The van der Waals surface area contributed by atoms with Gasteiger partial charge in [0.05, 0.1) is 4.92 Å². The summed E-state index contributed by atoms with van der Waals surface area (Å²) in [4.78, 5) is 20.8. The first-order valence-corrected chi connectivity index (χ1v) is 6.58. The summed E-state index contributed by atoms with van der Waals surface area (Å²) in [5.74, 6) is 1.16. The smallest absolute Gasteiger partial charge is 0.353 e. The number of methoxy groups -OCH3 is 1. The van der Waals surface area contributed by atoms with Gasteiger partial charge in [-0.2, -0.15) is 0 Å². The molecule has 8 nitrogen and oxygen atoms in total. The van der Waals surface area contributed by atoms with Crippen molar-refractivity contribution in [2.24, 2.45) is 5.92 Å². The third-order valence-corrected chi connectivity index (χ3v) is 3.54. The van der Waals surface area contributed by atoms with E-state index < -0.39 is 4.92 Å². The van der Waals surface area contributed by atoms with E-state index in [2.05, 4.69) is 15.3 Å². The van der Waals surface area contributed by atoms with Crippen molar-refractivity contribution in [3.8, 4) is 0 Å². The van der Waals surface area contributed by atoms with Gasteiger partial charge in [-0.1, -0.05) is 0 Å². The molecule has 0 radical (unpaired) electrons. The quantitative estimate of drug-likeness (QED) is 0.642. The molecular weight excluding hydrogens is 262 g/mol. The van der Waals surface area contributed by atoms with Gasteiger partial charge in [-0.05, 0) is 18.8 Å². The van der Waals surface area contributed by atoms with Crippen LogP contribution in [0.1, 0.15) is 12.8 Å². The highest BCUT2D eigenvalue weighted by Crippen LogP contribution is 2.33. The highest BCUT2D eigenvalue weighted by molar-refractivity contribution is 5.70. The summed E-state index contributed by atoms with van der Waals surface area (Å²) in [5, 5.41) is 14.0. The zero-order valence-electron chi connectivity index (χ0n) is 11.7. The summed E-state index contributed by atoms with van der Waals surface area (Å²) in [5.41, 5.74) is -0.0554. The minimum absolute atomic E-state index is 0.0554. The van der Waals surface area contributed by atoms with Gasteiger partial charge in [0.25, 0.3) is 0 Å². The second-order valence-corrected chi connectivity index (χ2v) is 4.79. The molecule has 2 heterocycles. The Balaban J connectivity index is 2.19. The van der Waals surface area contributed by atoms with Crippen LogP contribution in [-0.4, -0.2) is 48.7 Å². The van der Waals surface area contributed by atoms with E-state index >= 15 is 0 Å². The van der Waals surface area contributed by atoms with Crippen LogP contribution in [0.3, 0.4) is 0 Å². The van der Waals surface area contributed by atoms with E-state index in [1.54, 1.807) is 14.2 Å². The first-order valence-electron chi connectivity index (χ1n) is 6.58. The largest absolute Gasteiger partial charge is 0.384 e. The highest BCUT2D eigenvalue weighted by Gasteiger charge is 2.29. The van der Waals surface area contributed by atoms with Crippen molar-refractivity contribution >= 4 is 17.3 Å². The van der Waals surface area contributed by atoms with E-state index in [9.17, 15) is 10.1 Å². The highest BCUT2D eigenvalue weighted by atomic mass is 16.6. The Bertz CT molecular complexity index is 474. The van der Waals surface area contributed by atoms with Crippen LogP contribution in [0.2, 0.25) is 0 Å². The molecule has 0 aromatic carbocycles. The van der Waals surface area contributed by atoms with Gasteiger partial charge < -0.3 is 15.0 Å². The summed E-state index contributed by atoms with van der Waals surface area (Å²) in [6.45, 7) is 2.23. The predicted octanol–water partition coefficient (Wildman–Crippen LogP) is 1.29. The molecule has 1 aliphatic rings. The normalized spacial score (nSPS) is 16.2. The number of nitrogens with one attached hydrogen (secondary N) is 1. The summed E-state index contributed by atoms with van der Waals surface area (Å²) >= 11 is 0. The maximum Gasteiger partial charge on any atom is 0.353 e. The molecule has 0 saturated carbocycles. The molecule has 2 rings (SSSR count). The maximum absolute atomic E-state index is 11.2. The van der Waals surface area contributed by atoms with Crippen LogP contribution in [0.4, 0.5) is 17.3 Å². The number of nitrogens with zero attached hydrogens (tertiary/aromatic N) is 4. The fraction of sp³-hybridized carbons (Fsp3) is 0.667. The number of hydrogen-bond acceptors (Lipinski definition) is 7. The number of piperidine rings is 1. The lowest BCUT2D eigenvalue weighted by Gasteiger charge is -2.32. The topological polar surface area (TPSA) is 93.4 Å². The third-order valence-electron chi connectivity index (χ3n) is 3.54. The van der Waals surface area contributed by atoms with Crippen LogP contribution in [-0.2, 0) is 4.74 Å². The second-order valence-electron chi connectivity index (χ2n) is 4.79. The molecule has 8 heteroatoms. The average molecular weight is 281 g/mol. The summed E-state index contributed by atoms with van der Waals surface area (Å²) in [7, 11) is 3.31. The molecule has 110 valence electrons. The molecule has 0 atom stereocenters. The van der Waals surface area contributed by atoms with Crippen molar-refractivity contribution in [3.05, 3.63) is 16.4 Å². The van der Waals surface area contributed by atoms with Gasteiger partial charge in [-0.15, -0.1) is 0 Å². The van der Waals surface area contributed by atoms with Crippen LogP contribution < -0.4 is 10.2 Å². The number of anilines is 2. The number of hydrogen-bond donors (Lipinski definition) is 1. The Morgan fingerprint density at radius 2 is 2.20 bits per heavy atom. The standard InChI is InChI=1S/C12H19N5O3/c1-13-11-10(17(18)19)12(15-8-14-11)16-5-3-9(4-6-16)7-20-2/h8-9H,3-7H2,1-2H3,(H,13,14,15). The minimum atomic E-state index is -0.428. The van der Waals surface area contributed by atoms with E-state index in [1.165, 1.54) is 6.33 Å². The lowest BCUT2D eigenvalue weighted by molar-refractivity contribution is -0.383. The average Bonchev–Trinajstić information content (AvgIpc) is 2.47. The molecule has 0 amide bonds. The Labute approximate surface area is 117 Å². The molecule has 0 aliphatic carbocycles. The van der Waals surface area contributed by atoms with Crippen LogP contribution >= 0.6 is 0 Å². The maximum atomic E-state index is 11.2. The van der Waals surface area contributed by atoms with Crippen molar-refractivity contribution in [3.63, 3.8) is 0 Å². The first kappa shape index (κ1) is 14.4. The molecule has 1 fully saturated rings. The van der Waals surface area contributed by atoms with E-state index in [-0.39, 0.29) is 11.5 Å². The van der Waals surface area contributed by atoms with E-state index in [1.807, 2.05) is 4.90 Å². The molecule has 1 aromatic heterocycles. The number of rotatable bonds is 5. The van der Waals surface area contributed by atoms with E-state index in [4.69, 9.17) is 4.74 Å².